The lowest BCUT2D eigenvalue weighted by Gasteiger charge is -2.22. The van der Waals surface area contributed by atoms with Gasteiger partial charge in [0.2, 0.25) is 5.91 Å². The summed E-state index contributed by atoms with van der Waals surface area (Å²) in [5.74, 6) is -1.92. The van der Waals surface area contributed by atoms with Crippen molar-refractivity contribution in [3.63, 3.8) is 0 Å². The maximum atomic E-state index is 14.2. The number of hydrogen-bond acceptors (Lipinski definition) is 6. The number of nitrogens with zero attached hydrogens (tertiary/aromatic N) is 3. The van der Waals surface area contributed by atoms with Crippen molar-refractivity contribution < 1.29 is 18.8 Å². The number of anilines is 1. The van der Waals surface area contributed by atoms with Crippen molar-refractivity contribution in [2.75, 3.05) is 12.3 Å². The van der Waals surface area contributed by atoms with E-state index in [4.69, 9.17) is 5.73 Å². The minimum absolute atomic E-state index is 0.0387. The summed E-state index contributed by atoms with van der Waals surface area (Å²) in [6, 6.07) is 3.59. The Hall–Kier alpha value is -3.28. The number of halogens is 1. The van der Waals surface area contributed by atoms with Crippen LogP contribution in [0.5, 0.6) is 0 Å². The first-order valence-corrected chi connectivity index (χ1v) is 9.89. The SMILES string of the molecule is CC(CC(=O)N1CC(C=O)CC1C#N)NC(=O)c1cc(F)c(N)c(C=NC2CC2)c1. The number of nitriles is 1. The molecule has 0 aromatic heterocycles. The summed E-state index contributed by atoms with van der Waals surface area (Å²) in [5.41, 5.74) is 6.09. The second-order valence-corrected chi connectivity index (χ2v) is 7.87. The van der Waals surface area contributed by atoms with Gasteiger partial charge in [-0.25, -0.2) is 4.39 Å². The van der Waals surface area contributed by atoms with E-state index in [0.717, 1.165) is 25.2 Å². The lowest BCUT2D eigenvalue weighted by atomic mass is 10.1. The van der Waals surface area contributed by atoms with Gasteiger partial charge in [0.05, 0.1) is 17.8 Å². The second kappa shape index (κ2) is 9.03. The summed E-state index contributed by atoms with van der Waals surface area (Å²) >= 11 is 0. The van der Waals surface area contributed by atoms with Crippen LogP contribution in [0.3, 0.4) is 0 Å². The Morgan fingerprint density at radius 2 is 2.20 bits per heavy atom. The Kier molecular flexibility index (Phi) is 6.45. The minimum Gasteiger partial charge on any atom is -0.396 e. The molecule has 0 spiro atoms. The number of nitrogens with two attached hydrogens (primary N) is 1. The largest absolute Gasteiger partial charge is 0.396 e. The molecule has 2 fully saturated rings. The number of hydrogen-bond donors (Lipinski definition) is 2. The first-order chi connectivity index (χ1) is 14.3. The molecule has 1 aromatic rings. The fraction of sp³-hybridized carbons (Fsp3) is 0.476. The summed E-state index contributed by atoms with van der Waals surface area (Å²) < 4.78 is 14.2. The smallest absolute Gasteiger partial charge is 0.251 e. The molecule has 3 atom stereocenters. The zero-order chi connectivity index (χ0) is 21.8. The van der Waals surface area contributed by atoms with Crippen molar-refractivity contribution in [3.05, 3.63) is 29.1 Å². The number of nitrogens with one attached hydrogen (secondary N) is 1. The molecule has 3 unspecified atom stereocenters. The minimum atomic E-state index is -0.711. The Balaban J connectivity index is 1.63. The number of likely N-dealkylation sites (tertiary alicyclic amines) is 1. The van der Waals surface area contributed by atoms with Gasteiger partial charge in [0.1, 0.15) is 18.1 Å². The fourth-order valence-corrected chi connectivity index (χ4v) is 3.39. The highest BCUT2D eigenvalue weighted by molar-refractivity contribution is 5.98. The van der Waals surface area contributed by atoms with E-state index in [1.54, 1.807) is 6.92 Å². The maximum Gasteiger partial charge on any atom is 0.251 e. The van der Waals surface area contributed by atoms with Crippen LogP contribution < -0.4 is 11.1 Å². The number of rotatable bonds is 7. The van der Waals surface area contributed by atoms with E-state index in [1.165, 1.54) is 17.2 Å². The predicted octanol–water partition coefficient (Wildman–Crippen LogP) is 1.44. The van der Waals surface area contributed by atoms with Crippen LogP contribution in [0.25, 0.3) is 0 Å². The van der Waals surface area contributed by atoms with E-state index in [2.05, 4.69) is 10.3 Å². The van der Waals surface area contributed by atoms with E-state index in [1.807, 2.05) is 6.07 Å². The molecule has 1 saturated heterocycles. The molecule has 2 amide bonds. The third-order valence-electron chi connectivity index (χ3n) is 5.25. The predicted molar refractivity (Wildman–Crippen MR) is 108 cm³/mol. The van der Waals surface area contributed by atoms with Gasteiger partial charge in [-0.15, -0.1) is 0 Å². The van der Waals surface area contributed by atoms with E-state index >= 15 is 0 Å². The Morgan fingerprint density at radius 1 is 1.47 bits per heavy atom. The van der Waals surface area contributed by atoms with Crippen molar-refractivity contribution >= 4 is 30.0 Å². The molecular weight excluding hydrogens is 389 g/mol. The van der Waals surface area contributed by atoms with Crippen LogP contribution in [-0.4, -0.2) is 53.9 Å². The van der Waals surface area contributed by atoms with Crippen molar-refractivity contribution in [1.82, 2.24) is 10.2 Å². The van der Waals surface area contributed by atoms with Gasteiger partial charge in [-0.3, -0.25) is 14.6 Å². The van der Waals surface area contributed by atoms with Crippen molar-refractivity contribution in [2.24, 2.45) is 10.9 Å². The van der Waals surface area contributed by atoms with Crippen LogP contribution in [0.2, 0.25) is 0 Å². The third kappa shape index (κ3) is 5.00. The van der Waals surface area contributed by atoms with Crippen LogP contribution in [0.15, 0.2) is 17.1 Å². The highest BCUT2D eigenvalue weighted by Crippen LogP contribution is 2.25. The van der Waals surface area contributed by atoms with Gasteiger partial charge < -0.3 is 20.7 Å². The van der Waals surface area contributed by atoms with Crippen molar-refractivity contribution in [2.45, 2.75) is 50.7 Å². The molecular formula is C21H24FN5O3. The van der Waals surface area contributed by atoms with Crippen LogP contribution in [0, 0.1) is 23.1 Å². The van der Waals surface area contributed by atoms with Crippen molar-refractivity contribution in [1.29, 1.82) is 5.26 Å². The molecule has 1 aliphatic carbocycles. The van der Waals surface area contributed by atoms with Gasteiger partial charge in [0, 0.05) is 42.3 Å². The number of carbonyl (C=O) groups excluding carboxylic acids is 3. The van der Waals surface area contributed by atoms with E-state index in [-0.39, 0.29) is 42.1 Å². The number of aliphatic imine (C=N–C) groups is 1. The van der Waals surface area contributed by atoms with E-state index in [9.17, 15) is 24.0 Å². The first kappa shape index (κ1) is 21.4. The van der Waals surface area contributed by atoms with E-state index < -0.39 is 23.8 Å². The zero-order valence-electron chi connectivity index (χ0n) is 16.7. The van der Waals surface area contributed by atoms with E-state index in [0.29, 0.717) is 12.0 Å². The average molecular weight is 413 g/mol. The lowest BCUT2D eigenvalue weighted by Crippen LogP contribution is -2.41. The van der Waals surface area contributed by atoms with Crippen LogP contribution in [0.1, 0.15) is 48.5 Å². The lowest BCUT2D eigenvalue weighted by molar-refractivity contribution is -0.131. The number of aldehydes is 1. The van der Waals surface area contributed by atoms with Gasteiger partial charge in [-0.2, -0.15) is 5.26 Å². The highest BCUT2D eigenvalue weighted by Gasteiger charge is 2.35. The summed E-state index contributed by atoms with van der Waals surface area (Å²) in [7, 11) is 0. The number of carbonyl (C=O) groups is 3. The van der Waals surface area contributed by atoms with Gasteiger partial charge >= 0.3 is 0 Å². The number of benzene rings is 1. The Labute approximate surface area is 173 Å². The Bertz CT molecular complexity index is 922. The standard InChI is InChI=1S/C21H24FN5O3/c1-12(4-19(29)27-10-13(11-28)5-17(27)8-23)26-21(30)14-6-15(9-25-16-2-3-16)20(24)18(22)7-14/h6-7,9,11-13,16-17H,2-5,10,24H2,1H3,(H,26,30). The van der Waals surface area contributed by atoms with Gasteiger partial charge in [-0.05, 0) is 38.3 Å². The summed E-state index contributed by atoms with van der Waals surface area (Å²) in [6.45, 7) is 1.85. The fourth-order valence-electron chi connectivity index (χ4n) is 3.39. The molecule has 0 radical (unpaired) electrons. The summed E-state index contributed by atoms with van der Waals surface area (Å²) in [5, 5.41) is 11.9. The molecule has 0 bridgehead atoms. The zero-order valence-corrected chi connectivity index (χ0v) is 16.7. The third-order valence-corrected chi connectivity index (χ3v) is 5.25. The molecule has 8 nitrogen and oxygen atoms in total. The molecule has 3 rings (SSSR count). The normalized spacial score (nSPS) is 22.0. The number of amides is 2. The molecule has 30 heavy (non-hydrogen) atoms. The Morgan fingerprint density at radius 3 is 2.83 bits per heavy atom. The average Bonchev–Trinajstić information content (AvgIpc) is 3.44. The molecule has 158 valence electrons. The van der Waals surface area contributed by atoms with Crippen LogP contribution in [0.4, 0.5) is 10.1 Å². The van der Waals surface area contributed by atoms with Gasteiger partial charge in [0.25, 0.3) is 5.91 Å². The molecule has 1 aromatic carbocycles. The quantitative estimate of drug-likeness (QED) is 0.397. The monoisotopic (exact) mass is 413 g/mol. The molecule has 2 aliphatic rings. The topological polar surface area (TPSA) is 129 Å². The van der Waals surface area contributed by atoms with Crippen LogP contribution in [-0.2, 0) is 9.59 Å². The molecule has 9 heteroatoms. The highest BCUT2D eigenvalue weighted by atomic mass is 19.1. The molecule has 1 saturated carbocycles. The second-order valence-electron chi connectivity index (χ2n) is 7.87. The number of nitrogen functional groups attached to an aromatic ring is 1. The van der Waals surface area contributed by atoms with Gasteiger partial charge in [0.15, 0.2) is 0 Å². The first-order valence-electron chi connectivity index (χ1n) is 9.89. The van der Waals surface area contributed by atoms with Gasteiger partial charge in [-0.1, -0.05) is 0 Å². The summed E-state index contributed by atoms with van der Waals surface area (Å²) in [4.78, 5) is 41.7. The van der Waals surface area contributed by atoms with Crippen molar-refractivity contribution in [3.8, 4) is 6.07 Å². The summed E-state index contributed by atoms with van der Waals surface area (Å²) in [6.07, 6.45) is 4.50. The van der Waals surface area contributed by atoms with Crippen LogP contribution >= 0.6 is 0 Å². The molecule has 1 aliphatic heterocycles. The maximum absolute atomic E-state index is 14.2. The molecule has 1 heterocycles. The molecule has 3 N–H and O–H groups in total.